The van der Waals surface area contributed by atoms with Crippen molar-refractivity contribution in [2.45, 2.75) is 30.7 Å². The number of aliphatic hydroxyl groups excluding tert-OH is 1. The van der Waals surface area contributed by atoms with Gasteiger partial charge in [0.2, 0.25) is 0 Å². The molecule has 9 heteroatoms. The third-order valence-electron chi connectivity index (χ3n) is 5.74. The summed E-state index contributed by atoms with van der Waals surface area (Å²) in [6, 6.07) is 24.7. The summed E-state index contributed by atoms with van der Waals surface area (Å²) in [4.78, 5) is 38.0. The van der Waals surface area contributed by atoms with Gasteiger partial charge in [0.15, 0.2) is 18.5 Å². The molecule has 0 saturated carbocycles. The zero-order chi connectivity index (χ0) is 26.2. The number of methoxy groups -OCH3 is 1. The number of carbonyl (C=O) groups is 3. The number of esters is 3. The van der Waals surface area contributed by atoms with Gasteiger partial charge in [-0.2, -0.15) is 0 Å². The highest BCUT2D eigenvalue weighted by Gasteiger charge is 2.50. The van der Waals surface area contributed by atoms with Gasteiger partial charge in [-0.05, 0) is 36.4 Å². The van der Waals surface area contributed by atoms with Crippen molar-refractivity contribution < 1.29 is 43.2 Å². The van der Waals surface area contributed by atoms with Crippen LogP contribution in [0, 0.1) is 0 Å². The van der Waals surface area contributed by atoms with Crippen molar-refractivity contribution in [3.63, 3.8) is 0 Å². The smallest absolute Gasteiger partial charge is 0.338 e. The van der Waals surface area contributed by atoms with Crippen molar-refractivity contribution in [1.82, 2.24) is 0 Å². The Balaban J connectivity index is 1.55. The first-order valence-corrected chi connectivity index (χ1v) is 11.6. The fourth-order valence-corrected chi connectivity index (χ4v) is 3.84. The van der Waals surface area contributed by atoms with Crippen LogP contribution in [0.5, 0.6) is 0 Å². The number of carbonyl (C=O) groups excluding carboxylic acids is 3. The van der Waals surface area contributed by atoms with Crippen LogP contribution < -0.4 is 0 Å². The molecule has 3 aromatic carbocycles. The van der Waals surface area contributed by atoms with Crippen LogP contribution in [0.4, 0.5) is 0 Å². The molecule has 0 aromatic heterocycles. The molecule has 9 nitrogen and oxygen atoms in total. The lowest BCUT2D eigenvalue weighted by atomic mass is 9.98. The van der Waals surface area contributed by atoms with Gasteiger partial charge in [-0.3, -0.25) is 0 Å². The Morgan fingerprint density at radius 2 is 1.14 bits per heavy atom. The first-order valence-electron chi connectivity index (χ1n) is 11.6. The van der Waals surface area contributed by atoms with E-state index in [2.05, 4.69) is 0 Å². The molecule has 1 fully saturated rings. The molecule has 1 N–H and O–H groups in total. The quantitative estimate of drug-likeness (QED) is 0.363. The zero-order valence-electron chi connectivity index (χ0n) is 20.0. The Labute approximate surface area is 213 Å². The van der Waals surface area contributed by atoms with E-state index < -0.39 is 48.6 Å². The van der Waals surface area contributed by atoms with E-state index in [1.165, 1.54) is 7.11 Å². The van der Waals surface area contributed by atoms with E-state index in [-0.39, 0.29) is 17.7 Å². The van der Waals surface area contributed by atoms with Gasteiger partial charge in [0.05, 0.1) is 16.7 Å². The normalized spacial score (nSPS) is 23.0. The van der Waals surface area contributed by atoms with E-state index in [4.69, 9.17) is 23.7 Å². The minimum atomic E-state index is -1.56. The largest absolute Gasteiger partial charge is 0.459 e. The molecule has 3 aromatic rings. The summed E-state index contributed by atoms with van der Waals surface area (Å²) in [7, 11) is 1.31. The minimum Gasteiger partial charge on any atom is -0.459 e. The van der Waals surface area contributed by atoms with Crippen LogP contribution in [0.3, 0.4) is 0 Å². The standard InChI is InChI=1S/C28H26O9/c1-33-28-24(37-27(32)20-15-9-4-10-16-20)22(29)23(36-26(31)19-13-7-3-8-14-19)21(35-28)17-34-25(30)18-11-5-2-6-12-18/h2-16,21-24,28-29H,17H2,1H3/t21-,22+,23+,24+,28-/m1/s1. The molecule has 0 radical (unpaired) electrons. The van der Waals surface area contributed by atoms with Gasteiger partial charge in [-0.1, -0.05) is 54.6 Å². The van der Waals surface area contributed by atoms with Crippen molar-refractivity contribution >= 4 is 17.9 Å². The summed E-state index contributed by atoms with van der Waals surface area (Å²) in [5.74, 6) is -2.09. The van der Waals surface area contributed by atoms with Gasteiger partial charge in [0, 0.05) is 7.11 Å². The Kier molecular flexibility index (Phi) is 8.63. The summed E-state index contributed by atoms with van der Waals surface area (Å²) >= 11 is 0. The van der Waals surface area contributed by atoms with E-state index >= 15 is 0 Å². The average Bonchev–Trinajstić information content (AvgIpc) is 2.95. The first kappa shape index (κ1) is 26.0. The molecular formula is C28H26O9. The molecule has 37 heavy (non-hydrogen) atoms. The lowest BCUT2D eigenvalue weighted by Gasteiger charge is -2.42. The average molecular weight is 507 g/mol. The summed E-state index contributed by atoms with van der Waals surface area (Å²) in [5, 5.41) is 11.2. The lowest BCUT2D eigenvalue weighted by molar-refractivity contribution is -0.292. The molecule has 0 bridgehead atoms. The second kappa shape index (κ2) is 12.3. The molecule has 5 atom stereocenters. The number of benzene rings is 3. The van der Waals surface area contributed by atoms with E-state index in [1.807, 2.05) is 0 Å². The van der Waals surface area contributed by atoms with Crippen molar-refractivity contribution in [2.24, 2.45) is 0 Å². The maximum Gasteiger partial charge on any atom is 0.338 e. The summed E-state index contributed by atoms with van der Waals surface area (Å²) in [6.45, 7) is -0.364. The van der Waals surface area contributed by atoms with Gasteiger partial charge in [0.25, 0.3) is 0 Å². The molecule has 0 spiro atoms. The van der Waals surface area contributed by atoms with Crippen molar-refractivity contribution in [3.05, 3.63) is 108 Å². The van der Waals surface area contributed by atoms with Gasteiger partial charge in [-0.25, -0.2) is 14.4 Å². The lowest BCUT2D eigenvalue weighted by Crippen LogP contribution is -2.61. The van der Waals surface area contributed by atoms with Crippen LogP contribution in [0.25, 0.3) is 0 Å². The van der Waals surface area contributed by atoms with Crippen LogP contribution in [-0.4, -0.2) is 67.4 Å². The highest BCUT2D eigenvalue weighted by molar-refractivity contribution is 5.90. The first-order chi connectivity index (χ1) is 18.0. The van der Waals surface area contributed by atoms with Crippen molar-refractivity contribution in [1.29, 1.82) is 0 Å². The predicted molar refractivity (Wildman–Crippen MR) is 130 cm³/mol. The highest BCUT2D eigenvalue weighted by Crippen LogP contribution is 2.28. The molecule has 192 valence electrons. The number of rotatable bonds is 8. The SMILES string of the molecule is CO[C@@H]1O[C@H](COC(=O)c2ccccc2)[C@H](OC(=O)c2ccccc2)[C@H](O)[C@@H]1OC(=O)c1ccccc1. The molecule has 0 aliphatic carbocycles. The van der Waals surface area contributed by atoms with Crippen LogP contribution in [0.15, 0.2) is 91.0 Å². The monoisotopic (exact) mass is 506 g/mol. The third kappa shape index (κ3) is 6.39. The van der Waals surface area contributed by atoms with Crippen LogP contribution in [-0.2, 0) is 23.7 Å². The maximum absolute atomic E-state index is 12.8. The van der Waals surface area contributed by atoms with Gasteiger partial charge in [-0.15, -0.1) is 0 Å². The second-order valence-electron chi connectivity index (χ2n) is 8.21. The van der Waals surface area contributed by atoms with E-state index in [0.717, 1.165) is 0 Å². The topological polar surface area (TPSA) is 118 Å². The van der Waals surface area contributed by atoms with Gasteiger partial charge < -0.3 is 28.8 Å². The molecule has 0 unspecified atom stereocenters. The second-order valence-corrected chi connectivity index (χ2v) is 8.21. The summed E-state index contributed by atoms with van der Waals surface area (Å²) in [6.07, 6.45) is -6.59. The number of hydrogen-bond donors (Lipinski definition) is 1. The number of hydrogen-bond acceptors (Lipinski definition) is 9. The van der Waals surface area contributed by atoms with Crippen LogP contribution in [0.1, 0.15) is 31.1 Å². The fourth-order valence-electron chi connectivity index (χ4n) is 3.84. The van der Waals surface area contributed by atoms with E-state index in [0.29, 0.717) is 5.56 Å². The van der Waals surface area contributed by atoms with Crippen LogP contribution in [0.2, 0.25) is 0 Å². The fraction of sp³-hybridized carbons (Fsp3) is 0.250. The Hall–Kier alpha value is -4.05. The molecule has 1 saturated heterocycles. The maximum atomic E-state index is 12.8. The molecule has 0 amide bonds. The van der Waals surface area contributed by atoms with Crippen molar-refractivity contribution in [2.75, 3.05) is 13.7 Å². The van der Waals surface area contributed by atoms with Gasteiger partial charge >= 0.3 is 17.9 Å². The highest BCUT2D eigenvalue weighted by atomic mass is 16.7. The Morgan fingerprint density at radius 3 is 1.59 bits per heavy atom. The van der Waals surface area contributed by atoms with E-state index in [1.54, 1.807) is 91.0 Å². The van der Waals surface area contributed by atoms with Crippen LogP contribution >= 0.6 is 0 Å². The molecule has 1 aliphatic rings. The minimum absolute atomic E-state index is 0.237. The number of ether oxygens (including phenoxy) is 5. The summed E-state index contributed by atoms with van der Waals surface area (Å²) in [5.41, 5.74) is 0.803. The van der Waals surface area contributed by atoms with Crippen molar-refractivity contribution in [3.8, 4) is 0 Å². The summed E-state index contributed by atoms with van der Waals surface area (Å²) < 4.78 is 27.7. The molecule has 1 heterocycles. The third-order valence-corrected chi connectivity index (χ3v) is 5.74. The zero-order valence-corrected chi connectivity index (χ0v) is 20.0. The molecule has 1 aliphatic heterocycles. The predicted octanol–water partition coefficient (Wildman–Crippen LogP) is 3.03. The van der Waals surface area contributed by atoms with Gasteiger partial charge in [0.1, 0.15) is 18.8 Å². The Bertz CT molecular complexity index is 1180. The molecular weight excluding hydrogens is 480 g/mol. The molecule has 4 rings (SSSR count). The van der Waals surface area contributed by atoms with E-state index in [9.17, 15) is 19.5 Å². The number of aliphatic hydroxyl groups is 1. The Morgan fingerprint density at radius 1 is 0.703 bits per heavy atom.